The van der Waals surface area contributed by atoms with Crippen LogP contribution in [-0.2, 0) is 4.74 Å². The molecule has 1 aliphatic heterocycles. The highest BCUT2D eigenvalue weighted by atomic mass is 32.2. The first kappa shape index (κ1) is 9.36. The van der Waals surface area contributed by atoms with Crippen molar-refractivity contribution in [1.29, 1.82) is 0 Å². The molecule has 0 saturated carbocycles. The molecule has 2 nitrogen and oxygen atoms in total. The van der Waals surface area contributed by atoms with Crippen molar-refractivity contribution in [2.45, 2.75) is 6.42 Å². The number of hydrogen-bond donors (Lipinski definition) is 1. The predicted molar refractivity (Wildman–Crippen MR) is 50.2 cm³/mol. The number of methoxy groups -OCH3 is 1. The smallest absolute Gasteiger partial charge is 0.0470 e. The van der Waals surface area contributed by atoms with Gasteiger partial charge in [0.2, 0.25) is 0 Å². The van der Waals surface area contributed by atoms with Crippen LogP contribution < -0.4 is 5.32 Å². The van der Waals surface area contributed by atoms with Crippen LogP contribution in [0.25, 0.3) is 0 Å². The van der Waals surface area contributed by atoms with E-state index in [1.54, 1.807) is 7.11 Å². The summed E-state index contributed by atoms with van der Waals surface area (Å²) < 4.78 is 4.96. The summed E-state index contributed by atoms with van der Waals surface area (Å²) in [6.45, 7) is 3.38. The summed E-state index contributed by atoms with van der Waals surface area (Å²) in [5, 5.41) is 3.28. The van der Waals surface area contributed by atoms with Crippen LogP contribution >= 0.6 is 11.8 Å². The molecule has 0 radical (unpaired) electrons. The first-order chi connectivity index (χ1) is 5.43. The second-order valence-electron chi connectivity index (χ2n) is 2.95. The van der Waals surface area contributed by atoms with Gasteiger partial charge in [0.1, 0.15) is 0 Å². The molecule has 1 fully saturated rings. The van der Waals surface area contributed by atoms with Crippen LogP contribution in [0.1, 0.15) is 6.42 Å². The molecule has 0 aromatic rings. The third-order valence-electron chi connectivity index (χ3n) is 1.86. The van der Waals surface area contributed by atoms with Crippen molar-refractivity contribution < 1.29 is 4.74 Å². The van der Waals surface area contributed by atoms with E-state index in [0.29, 0.717) is 0 Å². The van der Waals surface area contributed by atoms with Gasteiger partial charge in [0.05, 0.1) is 0 Å². The molecule has 11 heavy (non-hydrogen) atoms. The van der Waals surface area contributed by atoms with Crippen molar-refractivity contribution in [3.8, 4) is 0 Å². The summed E-state index contributed by atoms with van der Waals surface area (Å²) >= 11 is 2.06. The van der Waals surface area contributed by atoms with Crippen molar-refractivity contribution >= 4 is 11.8 Å². The number of rotatable bonds is 6. The molecule has 0 unspecified atom stereocenters. The second-order valence-corrected chi connectivity index (χ2v) is 4.10. The van der Waals surface area contributed by atoms with Crippen LogP contribution in [0.4, 0.5) is 0 Å². The Hall–Kier alpha value is 0.270. The van der Waals surface area contributed by atoms with Crippen molar-refractivity contribution in [1.82, 2.24) is 5.32 Å². The highest BCUT2D eigenvalue weighted by Crippen LogP contribution is 2.12. The molecule has 66 valence electrons. The first-order valence-corrected chi connectivity index (χ1v) is 5.36. The standard InChI is InChI=1S/C8H17NOS/c1-10-3-2-4-11-7-8-5-9-6-8/h8-9H,2-7H2,1H3. The Morgan fingerprint density at radius 3 is 2.91 bits per heavy atom. The van der Waals surface area contributed by atoms with E-state index in [0.717, 1.165) is 12.5 Å². The molecule has 0 amide bonds. The van der Waals surface area contributed by atoms with Crippen molar-refractivity contribution in [3.05, 3.63) is 0 Å². The Labute approximate surface area is 73.1 Å². The number of nitrogens with one attached hydrogen (secondary N) is 1. The summed E-state index contributed by atoms with van der Waals surface area (Å²) in [6, 6.07) is 0. The Morgan fingerprint density at radius 1 is 1.55 bits per heavy atom. The predicted octanol–water partition coefficient (Wildman–Crippen LogP) is 0.976. The highest BCUT2D eigenvalue weighted by molar-refractivity contribution is 7.99. The molecular weight excluding hydrogens is 158 g/mol. The summed E-state index contributed by atoms with van der Waals surface area (Å²) in [7, 11) is 1.76. The molecule has 1 saturated heterocycles. The Balaban J connectivity index is 1.73. The zero-order valence-electron chi connectivity index (χ0n) is 7.14. The average Bonchev–Trinajstić information content (AvgIpc) is 1.93. The first-order valence-electron chi connectivity index (χ1n) is 4.21. The number of thioether (sulfide) groups is 1. The van der Waals surface area contributed by atoms with Gasteiger partial charge in [-0.2, -0.15) is 11.8 Å². The summed E-state index contributed by atoms with van der Waals surface area (Å²) in [4.78, 5) is 0. The third-order valence-corrected chi connectivity index (χ3v) is 3.14. The van der Waals surface area contributed by atoms with E-state index in [9.17, 15) is 0 Å². The average molecular weight is 175 g/mol. The second kappa shape index (κ2) is 5.86. The lowest BCUT2D eigenvalue weighted by Gasteiger charge is -2.26. The maximum absolute atomic E-state index is 4.96. The normalized spacial score (nSPS) is 18.3. The molecule has 1 aliphatic rings. The maximum atomic E-state index is 4.96. The van der Waals surface area contributed by atoms with E-state index < -0.39 is 0 Å². The highest BCUT2D eigenvalue weighted by Gasteiger charge is 2.15. The van der Waals surface area contributed by atoms with E-state index >= 15 is 0 Å². The molecule has 1 N–H and O–H groups in total. The zero-order valence-corrected chi connectivity index (χ0v) is 7.95. The van der Waals surface area contributed by atoms with Crippen LogP contribution in [0.5, 0.6) is 0 Å². The van der Waals surface area contributed by atoms with Gasteiger partial charge in [-0.05, 0) is 36.9 Å². The fourth-order valence-electron chi connectivity index (χ4n) is 1.02. The van der Waals surface area contributed by atoms with Gasteiger partial charge in [-0.15, -0.1) is 0 Å². The minimum absolute atomic E-state index is 0.913. The van der Waals surface area contributed by atoms with Crippen LogP contribution in [-0.4, -0.2) is 38.3 Å². The molecule has 1 heterocycles. The minimum Gasteiger partial charge on any atom is -0.385 e. The van der Waals surface area contributed by atoms with Crippen LogP contribution in [0, 0.1) is 5.92 Å². The number of ether oxygens (including phenoxy) is 1. The Kier molecular flexibility index (Phi) is 4.99. The quantitative estimate of drug-likeness (QED) is 0.608. The lowest BCUT2D eigenvalue weighted by molar-refractivity contribution is 0.200. The largest absolute Gasteiger partial charge is 0.385 e. The maximum Gasteiger partial charge on any atom is 0.0470 e. The molecule has 0 aromatic heterocycles. The van der Waals surface area contributed by atoms with Gasteiger partial charge in [-0.3, -0.25) is 0 Å². The lowest BCUT2D eigenvalue weighted by atomic mass is 10.1. The molecule has 1 rings (SSSR count). The van der Waals surface area contributed by atoms with Gasteiger partial charge in [0.25, 0.3) is 0 Å². The topological polar surface area (TPSA) is 21.3 Å². The zero-order chi connectivity index (χ0) is 7.94. The van der Waals surface area contributed by atoms with Crippen LogP contribution in [0.3, 0.4) is 0 Å². The fraction of sp³-hybridized carbons (Fsp3) is 1.00. The summed E-state index contributed by atoms with van der Waals surface area (Å²) in [6.07, 6.45) is 1.20. The molecule has 0 spiro atoms. The summed E-state index contributed by atoms with van der Waals surface area (Å²) in [5.74, 6) is 3.53. The van der Waals surface area contributed by atoms with Gasteiger partial charge in [-0.25, -0.2) is 0 Å². The van der Waals surface area contributed by atoms with E-state index in [-0.39, 0.29) is 0 Å². The van der Waals surface area contributed by atoms with Crippen LogP contribution in [0.2, 0.25) is 0 Å². The van der Waals surface area contributed by atoms with Gasteiger partial charge < -0.3 is 10.1 Å². The lowest BCUT2D eigenvalue weighted by Crippen LogP contribution is -2.43. The third kappa shape index (κ3) is 3.99. The Bertz CT molecular complexity index is 96.1. The van der Waals surface area contributed by atoms with E-state index in [1.165, 1.54) is 31.0 Å². The molecule has 0 aromatic carbocycles. The van der Waals surface area contributed by atoms with E-state index in [4.69, 9.17) is 4.74 Å². The van der Waals surface area contributed by atoms with Crippen molar-refractivity contribution in [2.75, 3.05) is 38.3 Å². The van der Waals surface area contributed by atoms with Gasteiger partial charge in [0.15, 0.2) is 0 Å². The SMILES string of the molecule is COCCCSCC1CNC1. The Morgan fingerprint density at radius 2 is 2.36 bits per heavy atom. The van der Waals surface area contributed by atoms with E-state index in [2.05, 4.69) is 17.1 Å². The van der Waals surface area contributed by atoms with Gasteiger partial charge in [0, 0.05) is 13.7 Å². The molecular formula is C8H17NOS. The molecule has 0 atom stereocenters. The van der Waals surface area contributed by atoms with Crippen molar-refractivity contribution in [2.24, 2.45) is 5.92 Å². The molecule has 0 bridgehead atoms. The monoisotopic (exact) mass is 175 g/mol. The summed E-state index contributed by atoms with van der Waals surface area (Å²) in [5.41, 5.74) is 0. The van der Waals surface area contributed by atoms with E-state index in [1.807, 2.05) is 0 Å². The number of hydrogen-bond acceptors (Lipinski definition) is 3. The van der Waals surface area contributed by atoms with Gasteiger partial charge in [-0.1, -0.05) is 0 Å². The fourth-order valence-corrected chi connectivity index (χ4v) is 2.08. The van der Waals surface area contributed by atoms with Gasteiger partial charge >= 0.3 is 0 Å². The van der Waals surface area contributed by atoms with Crippen molar-refractivity contribution in [3.63, 3.8) is 0 Å². The molecule has 3 heteroatoms. The minimum atomic E-state index is 0.913. The van der Waals surface area contributed by atoms with Crippen LogP contribution in [0.15, 0.2) is 0 Å². The molecule has 0 aliphatic carbocycles.